The fourth-order valence-electron chi connectivity index (χ4n) is 2.29. The summed E-state index contributed by atoms with van der Waals surface area (Å²) < 4.78 is 26.9. The highest BCUT2D eigenvalue weighted by Gasteiger charge is 2.24. The summed E-state index contributed by atoms with van der Waals surface area (Å²) in [4.78, 5) is 4.58. The first kappa shape index (κ1) is 15.9. The van der Waals surface area contributed by atoms with Crippen molar-refractivity contribution in [2.45, 2.75) is 18.7 Å². The molecule has 21 heavy (non-hydrogen) atoms. The van der Waals surface area contributed by atoms with Gasteiger partial charge in [0, 0.05) is 25.2 Å². The first-order valence-electron chi connectivity index (χ1n) is 6.88. The van der Waals surface area contributed by atoms with Gasteiger partial charge in [-0.1, -0.05) is 13.0 Å². The van der Waals surface area contributed by atoms with Gasteiger partial charge in [-0.3, -0.25) is 4.98 Å². The van der Waals surface area contributed by atoms with Gasteiger partial charge in [-0.25, -0.2) is 12.7 Å². The average molecular weight is 307 g/mol. The molecule has 0 aliphatic carbocycles. The number of rotatable bonds is 5. The van der Waals surface area contributed by atoms with Crippen LogP contribution in [0.3, 0.4) is 0 Å². The van der Waals surface area contributed by atoms with Crippen molar-refractivity contribution in [1.29, 1.82) is 0 Å². The van der Waals surface area contributed by atoms with Gasteiger partial charge in [0.05, 0.1) is 10.4 Å². The molecule has 114 valence electrons. The van der Waals surface area contributed by atoms with Crippen molar-refractivity contribution in [2.75, 3.05) is 20.1 Å². The van der Waals surface area contributed by atoms with Crippen LogP contribution in [-0.2, 0) is 10.0 Å². The Morgan fingerprint density at radius 1 is 1.33 bits per heavy atom. The Labute approximate surface area is 125 Å². The molecule has 0 saturated carbocycles. The molecule has 0 bridgehead atoms. The van der Waals surface area contributed by atoms with Crippen LogP contribution in [0.4, 0.5) is 0 Å². The molecule has 1 atom stereocenters. The van der Waals surface area contributed by atoms with Crippen molar-refractivity contribution in [3.63, 3.8) is 0 Å². The van der Waals surface area contributed by atoms with Crippen LogP contribution in [0.1, 0.15) is 12.5 Å². The van der Waals surface area contributed by atoms with E-state index in [1.807, 2.05) is 13.8 Å². The van der Waals surface area contributed by atoms with Gasteiger partial charge in [0.2, 0.25) is 10.0 Å². The third-order valence-corrected chi connectivity index (χ3v) is 5.47. The number of hydrogen-bond acceptors (Lipinski definition) is 4. The van der Waals surface area contributed by atoms with Crippen LogP contribution in [-0.4, -0.2) is 37.8 Å². The summed E-state index contributed by atoms with van der Waals surface area (Å²) >= 11 is 0. The first-order chi connectivity index (χ1) is 9.87. The maximum Gasteiger partial charge on any atom is 0.243 e. The fraction of sp³-hybridized carbons (Fsp3) is 0.400. The predicted octanol–water partition coefficient (Wildman–Crippen LogP) is 1.76. The van der Waals surface area contributed by atoms with Crippen LogP contribution in [0, 0.1) is 12.8 Å². The summed E-state index contributed by atoms with van der Waals surface area (Å²) in [6.07, 6.45) is 1.67. The molecule has 1 aromatic carbocycles. The Hall–Kier alpha value is -1.50. The molecular weight excluding hydrogens is 286 g/mol. The van der Waals surface area contributed by atoms with Crippen LogP contribution in [0.25, 0.3) is 10.9 Å². The molecule has 1 unspecified atom stereocenters. The first-order valence-corrected chi connectivity index (χ1v) is 8.32. The molecule has 0 aliphatic rings. The Bertz CT molecular complexity index is 744. The van der Waals surface area contributed by atoms with E-state index >= 15 is 0 Å². The molecule has 0 spiro atoms. The van der Waals surface area contributed by atoms with Gasteiger partial charge in [0.15, 0.2) is 0 Å². The summed E-state index contributed by atoms with van der Waals surface area (Å²) in [6, 6.07) is 6.99. The zero-order valence-corrected chi connectivity index (χ0v) is 13.4. The number of aromatic nitrogens is 1. The number of sulfonamides is 1. The predicted molar refractivity (Wildman–Crippen MR) is 84.5 cm³/mol. The lowest BCUT2D eigenvalue weighted by atomic mass is 10.1. The normalized spacial score (nSPS) is 13.8. The van der Waals surface area contributed by atoms with E-state index in [0.717, 1.165) is 11.1 Å². The molecular formula is C15H21N3O2S. The summed E-state index contributed by atoms with van der Waals surface area (Å²) in [7, 11) is -1.96. The lowest BCUT2D eigenvalue weighted by molar-refractivity contribution is 0.405. The SMILES string of the molecule is Cc1ccc(S(=O)(=O)N(C)CC(C)CN)c2cccnc12. The fourth-order valence-corrected chi connectivity index (χ4v) is 3.76. The molecule has 1 heterocycles. The Morgan fingerprint density at radius 3 is 2.71 bits per heavy atom. The highest BCUT2D eigenvalue weighted by Crippen LogP contribution is 2.26. The van der Waals surface area contributed by atoms with Crippen molar-refractivity contribution >= 4 is 20.9 Å². The van der Waals surface area contributed by atoms with Gasteiger partial charge in [-0.15, -0.1) is 0 Å². The van der Waals surface area contributed by atoms with Gasteiger partial charge in [-0.2, -0.15) is 0 Å². The average Bonchev–Trinajstić information content (AvgIpc) is 2.47. The van der Waals surface area contributed by atoms with E-state index in [0.29, 0.717) is 23.4 Å². The highest BCUT2D eigenvalue weighted by molar-refractivity contribution is 7.89. The topological polar surface area (TPSA) is 76.3 Å². The minimum absolute atomic E-state index is 0.111. The maximum atomic E-state index is 12.8. The molecule has 2 aromatic rings. The van der Waals surface area contributed by atoms with E-state index in [1.165, 1.54) is 4.31 Å². The Morgan fingerprint density at radius 2 is 2.05 bits per heavy atom. The second-order valence-corrected chi connectivity index (χ2v) is 7.42. The summed E-state index contributed by atoms with van der Waals surface area (Å²) in [5.74, 6) is 0.111. The second-order valence-electron chi connectivity index (χ2n) is 5.41. The zero-order chi connectivity index (χ0) is 15.6. The third kappa shape index (κ3) is 3.07. The lowest BCUT2D eigenvalue weighted by Crippen LogP contribution is -2.33. The maximum absolute atomic E-state index is 12.8. The van der Waals surface area contributed by atoms with Crippen molar-refractivity contribution in [3.05, 3.63) is 36.0 Å². The molecule has 0 amide bonds. The van der Waals surface area contributed by atoms with Crippen molar-refractivity contribution < 1.29 is 8.42 Å². The summed E-state index contributed by atoms with van der Waals surface area (Å²) in [6.45, 7) is 4.71. The molecule has 2 rings (SSSR count). The molecule has 0 saturated heterocycles. The summed E-state index contributed by atoms with van der Waals surface area (Å²) in [5.41, 5.74) is 7.26. The standard InChI is InChI=1S/C15H21N3O2S/c1-11(9-16)10-18(3)21(19,20)14-7-6-12(2)15-13(14)5-4-8-17-15/h4-8,11H,9-10,16H2,1-3H3. The molecule has 5 nitrogen and oxygen atoms in total. The second kappa shape index (κ2) is 6.09. The molecule has 1 aromatic heterocycles. The Balaban J connectivity index is 2.53. The molecule has 6 heteroatoms. The number of hydrogen-bond donors (Lipinski definition) is 1. The zero-order valence-electron chi connectivity index (χ0n) is 12.6. The minimum Gasteiger partial charge on any atom is -0.330 e. The number of benzene rings is 1. The van der Waals surface area contributed by atoms with Crippen LogP contribution in [0.5, 0.6) is 0 Å². The molecule has 0 radical (unpaired) electrons. The monoisotopic (exact) mass is 307 g/mol. The van der Waals surface area contributed by atoms with E-state index in [4.69, 9.17) is 5.73 Å². The van der Waals surface area contributed by atoms with Gasteiger partial charge in [0.25, 0.3) is 0 Å². The quantitative estimate of drug-likeness (QED) is 0.913. The third-order valence-electron chi connectivity index (χ3n) is 3.59. The van der Waals surface area contributed by atoms with Crippen LogP contribution in [0.2, 0.25) is 0 Å². The highest BCUT2D eigenvalue weighted by atomic mass is 32.2. The van der Waals surface area contributed by atoms with Gasteiger partial charge in [-0.05, 0) is 43.1 Å². The largest absolute Gasteiger partial charge is 0.330 e. The number of nitrogens with two attached hydrogens (primary N) is 1. The molecule has 0 aliphatic heterocycles. The van der Waals surface area contributed by atoms with E-state index in [-0.39, 0.29) is 5.92 Å². The van der Waals surface area contributed by atoms with E-state index in [9.17, 15) is 8.42 Å². The Kier molecular flexibility index (Phi) is 4.61. The lowest BCUT2D eigenvalue weighted by Gasteiger charge is -2.21. The number of aryl methyl sites for hydroxylation is 1. The molecule has 0 fully saturated rings. The van der Waals surface area contributed by atoms with E-state index in [2.05, 4.69) is 4.98 Å². The number of pyridine rings is 1. The van der Waals surface area contributed by atoms with Crippen LogP contribution < -0.4 is 5.73 Å². The van der Waals surface area contributed by atoms with Gasteiger partial charge < -0.3 is 5.73 Å². The van der Waals surface area contributed by atoms with E-state index < -0.39 is 10.0 Å². The number of fused-ring (bicyclic) bond motifs is 1. The van der Waals surface area contributed by atoms with Gasteiger partial charge in [0.1, 0.15) is 0 Å². The smallest absolute Gasteiger partial charge is 0.243 e. The van der Waals surface area contributed by atoms with Crippen LogP contribution >= 0.6 is 0 Å². The van der Waals surface area contributed by atoms with Crippen molar-refractivity contribution in [2.24, 2.45) is 11.7 Å². The van der Waals surface area contributed by atoms with Crippen molar-refractivity contribution in [1.82, 2.24) is 9.29 Å². The van der Waals surface area contributed by atoms with E-state index in [1.54, 1.807) is 37.5 Å². The number of nitrogens with zero attached hydrogens (tertiary/aromatic N) is 2. The van der Waals surface area contributed by atoms with Gasteiger partial charge >= 0.3 is 0 Å². The minimum atomic E-state index is -3.55. The molecule has 2 N–H and O–H groups in total. The van der Waals surface area contributed by atoms with Crippen molar-refractivity contribution in [3.8, 4) is 0 Å². The van der Waals surface area contributed by atoms with Crippen LogP contribution in [0.15, 0.2) is 35.4 Å². The summed E-state index contributed by atoms with van der Waals surface area (Å²) in [5, 5.41) is 0.657.